The summed E-state index contributed by atoms with van der Waals surface area (Å²) in [6, 6.07) is 0. The van der Waals surface area contributed by atoms with E-state index in [0.717, 1.165) is 19.4 Å². The molecule has 2 nitrogen and oxygen atoms in total. The summed E-state index contributed by atoms with van der Waals surface area (Å²) in [6.45, 7) is 7.30. The van der Waals surface area contributed by atoms with E-state index in [9.17, 15) is 4.79 Å². The monoisotopic (exact) mass is 143 g/mol. The van der Waals surface area contributed by atoms with Gasteiger partial charge in [-0.25, -0.2) is 0 Å². The molecular weight excluding hydrogens is 126 g/mol. The van der Waals surface area contributed by atoms with Crippen LogP contribution in [0.3, 0.4) is 0 Å². The first-order valence-electron chi connectivity index (χ1n) is 3.67. The van der Waals surface area contributed by atoms with Gasteiger partial charge in [-0.05, 0) is 11.8 Å². The van der Waals surface area contributed by atoms with Crippen LogP contribution < -0.4 is 0 Å². The molecule has 2 heteroatoms. The molecule has 0 aliphatic rings. The molecule has 0 fully saturated rings. The van der Waals surface area contributed by atoms with E-state index in [1.165, 1.54) is 0 Å². The van der Waals surface area contributed by atoms with Crippen molar-refractivity contribution in [2.75, 3.05) is 13.6 Å². The van der Waals surface area contributed by atoms with Gasteiger partial charge in [0.15, 0.2) is 0 Å². The summed E-state index contributed by atoms with van der Waals surface area (Å²) in [6.07, 6.45) is 1.97. The minimum atomic E-state index is 0.260. The highest BCUT2D eigenvalue weighted by Crippen LogP contribution is 2.19. The van der Waals surface area contributed by atoms with Gasteiger partial charge in [-0.2, -0.15) is 0 Å². The van der Waals surface area contributed by atoms with Crippen molar-refractivity contribution in [3.8, 4) is 0 Å². The number of carbonyl (C=O) groups is 1. The molecule has 0 aliphatic carbocycles. The fourth-order valence-electron chi connectivity index (χ4n) is 0.824. The van der Waals surface area contributed by atoms with Crippen LogP contribution in [0.4, 0.5) is 0 Å². The highest BCUT2D eigenvalue weighted by atomic mass is 16.1. The molecule has 0 N–H and O–H groups in total. The van der Waals surface area contributed by atoms with Crippen LogP contribution in [0.2, 0.25) is 0 Å². The first-order valence-corrected chi connectivity index (χ1v) is 3.67. The summed E-state index contributed by atoms with van der Waals surface area (Å²) in [4.78, 5) is 11.9. The van der Waals surface area contributed by atoms with Crippen molar-refractivity contribution in [3.05, 3.63) is 0 Å². The fourth-order valence-corrected chi connectivity index (χ4v) is 0.824. The third-order valence-electron chi connectivity index (χ3n) is 1.81. The third kappa shape index (κ3) is 3.49. The Balaban J connectivity index is 3.75. The Labute approximate surface area is 63.2 Å². The van der Waals surface area contributed by atoms with E-state index in [2.05, 4.69) is 20.8 Å². The standard InChI is InChI=1S/C8H17NO/c1-5-8(2,3)6-9(4)7-10/h7H,5-6H2,1-4H3. The maximum atomic E-state index is 10.2. The normalized spacial score (nSPS) is 11.2. The lowest BCUT2D eigenvalue weighted by Crippen LogP contribution is -2.29. The van der Waals surface area contributed by atoms with Crippen LogP contribution >= 0.6 is 0 Å². The Hall–Kier alpha value is -0.530. The zero-order valence-electron chi connectivity index (χ0n) is 7.35. The average Bonchev–Trinajstić information content (AvgIpc) is 1.87. The van der Waals surface area contributed by atoms with E-state index in [4.69, 9.17) is 0 Å². The Morgan fingerprint density at radius 3 is 2.30 bits per heavy atom. The fraction of sp³-hybridized carbons (Fsp3) is 0.875. The zero-order valence-corrected chi connectivity index (χ0v) is 7.35. The summed E-state index contributed by atoms with van der Waals surface area (Å²) in [5.74, 6) is 0. The van der Waals surface area contributed by atoms with Gasteiger partial charge in [0, 0.05) is 13.6 Å². The number of nitrogens with zero attached hydrogens (tertiary/aromatic N) is 1. The van der Waals surface area contributed by atoms with Crippen molar-refractivity contribution < 1.29 is 4.79 Å². The third-order valence-corrected chi connectivity index (χ3v) is 1.81. The average molecular weight is 143 g/mol. The molecule has 10 heavy (non-hydrogen) atoms. The molecule has 0 aliphatic heterocycles. The quantitative estimate of drug-likeness (QED) is 0.546. The van der Waals surface area contributed by atoms with Gasteiger partial charge in [0.2, 0.25) is 6.41 Å². The summed E-state index contributed by atoms with van der Waals surface area (Å²) in [7, 11) is 1.81. The smallest absolute Gasteiger partial charge is 0.209 e. The molecule has 0 unspecified atom stereocenters. The van der Waals surface area contributed by atoms with Crippen molar-refractivity contribution >= 4 is 6.41 Å². The van der Waals surface area contributed by atoms with Crippen LogP contribution in [0.1, 0.15) is 27.2 Å². The van der Waals surface area contributed by atoms with Gasteiger partial charge >= 0.3 is 0 Å². The maximum absolute atomic E-state index is 10.2. The second-order valence-electron chi connectivity index (χ2n) is 3.54. The highest BCUT2D eigenvalue weighted by Gasteiger charge is 2.16. The van der Waals surface area contributed by atoms with Gasteiger partial charge in [0.1, 0.15) is 0 Å². The number of amides is 1. The second kappa shape index (κ2) is 3.59. The van der Waals surface area contributed by atoms with Gasteiger partial charge in [-0.1, -0.05) is 20.8 Å². The molecule has 0 aromatic heterocycles. The topological polar surface area (TPSA) is 20.3 Å². The van der Waals surface area contributed by atoms with Crippen LogP contribution in [0, 0.1) is 5.41 Å². The summed E-state index contributed by atoms with van der Waals surface area (Å²) in [5.41, 5.74) is 0.260. The van der Waals surface area contributed by atoms with Gasteiger partial charge in [0.05, 0.1) is 0 Å². The second-order valence-corrected chi connectivity index (χ2v) is 3.54. The molecule has 0 aromatic carbocycles. The van der Waals surface area contributed by atoms with E-state index in [0.29, 0.717) is 0 Å². The minimum absolute atomic E-state index is 0.260. The van der Waals surface area contributed by atoms with Crippen LogP contribution in [0.25, 0.3) is 0 Å². The van der Waals surface area contributed by atoms with Gasteiger partial charge in [-0.3, -0.25) is 4.79 Å². The van der Waals surface area contributed by atoms with Crippen LogP contribution in [-0.4, -0.2) is 24.9 Å². The van der Waals surface area contributed by atoms with Gasteiger partial charge in [0.25, 0.3) is 0 Å². The van der Waals surface area contributed by atoms with Crippen LogP contribution in [0.15, 0.2) is 0 Å². The summed E-state index contributed by atoms with van der Waals surface area (Å²) in [5, 5.41) is 0. The first kappa shape index (κ1) is 9.47. The predicted molar refractivity (Wildman–Crippen MR) is 42.8 cm³/mol. The Kier molecular flexibility index (Phi) is 3.40. The predicted octanol–water partition coefficient (Wildman–Crippen LogP) is 1.51. The lowest BCUT2D eigenvalue weighted by atomic mass is 9.90. The number of rotatable bonds is 4. The largest absolute Gasteiger partial charge is 0.348 e. The number of hydrogen-bond donors (Lipinski definition) is 0. The molecule has 0 saturated carbocycles. The van der Waals surface area contributed by atoms with Crippen molar-refractivity contribution in [2.24, 2.45) is 5.41 Å². The van der Waals surface area contributed by atoms with E-state index >= 15 is 0 Å². The van der Waals surface area contributed by atoms with Crippen molar-refractivity contribution in [3.63, 3.8) is 0 Å². The molecule has 1 amide bonds. The molecule has 0 radical (unpaired) electrons. The minimum Gasteiger partial charge on any atom is -0.348 e. The van der Waals surface area contributed by atoms with Crippen LogP contribution in [0.5, 0.6) is 0 Å². The first-order chi connectivity index (χ1) is 4.52. The summed E-state index contributed by atoms with van der Waals surface area (Å²) >= 11 is 0. The maximum Gasteiger partial charge on any atom is 0.209 e. The van der Waals surface area contributed by atoms with E-state index < -0.39 is 0 Å². The van der Waals surface area contributed by atoms with E-state index in [1.807, 2.05) is 7.05 Å². The van der Waals surface area contributed by atoms with E-state index in [-0.39, 0.29) is 5.41 Å². The molecule has 0 rings (SSSR count). The van der Waals surface area contributed by atoms with Crippen molar-refractivity contribution in [2.45, 2.75) is 27.2 Å². The number of hydrogen-bond acceptors (Lipinski definition) is 1. The van der Waals surface area contributed by atoms with Crippen LogP contribution in [-0.2, 0) is 4.79 Å². The Bertz CT molecular complexity index is 110. The van der Waals surface area contributed by atoms with Crippen molar-refractivity contribution in [1.29, 1.82) is 0 Å². The Morgan fingerprint density at radius 1 is 1.50 bits per heavy atom. The number of carbonyl (C=O) groups excluding carboxylic acids is 1. The highest BCUT2D eigenvalue weighted by molar-refractivity contribution is 5.46. The van der Waals surface area contributed by atoms with Crippen molar-refractivity contribution in [1.82, 2.24) is 4.90 Å². The molecule has 0 saturated heterocycles. The van der Waals surface area contributed by atoms with Gasteiger partial charge in [-0.15, -0.1) is 0 Å². The van der Waals surface area contributed by atoms with Gasteiger partial charge < -0.3 is 4.90 Å². The molecule has 0 heterocycles. The molecule has 0 spiro atoms. The lowest BCUT2D eigenvalue weighted by Gasteiger charge is -2.26. The lowest BCUT2D eigenvalue weighted by molar-refractivity contribution is -0.118. The Morgan fingerprint density at radius 2 is 2.00 bits per heavy atom. The molecule has 0 aromatic rings. The van der Waals surface area contributed by atoms with E-state index in [1.54, 1.807) is 4.90 Å². The molecule has 0 bridgehead atoms. The molecule has 60 valence electrons. The molecular formula is C8H17NO. The SMILES string of the molecule is CCC(C)(C)CN(C)C=O. The zero-order chi connectivity index (χ0) is 8.20. The summed E-state index contributed by atoms with van der Waals surface area (Å²) < 4.78 is 0. The molecule has 0 atom stereocenters.